The van der Waals surface area contributed by atoms with Gasteiger partial charge in [0, 0.05) is 19.3 Å². The van der Waals surface area contributed by atoms with E-state index in [0.717, 1.165) is 161 Å². The Morgan fingerprint density at radius 2 is 0.526 bits per heavy atom. The minimum absolute atomic E-state index is 0.0958. The summed E-state index contributed by atoms with van der Waals surface area (Å²) >= 11 is 0. The fraction of sp³-hybridized carbons (Fsp3) is 0.643. The molecular formula is C70H114O6. The Labute approximate surface area is 468 Å². The molecule has 0 spiro atoms. The van der Waals surface area contributed by atoms with Crippen molar-refractivity contribution in [2.24, 2.45) is 0 Å². The molecule has 0 amide bonds. The quantitative estimate of drug-likeness (QED) is 0.0261. The topological polar surface area (TPSA) is 78.9 Å². The Hall–Kier alpha value is -4.45. The molecule has 6 nitrogen and oxygen atoms in total. The predicted molar refractivity (Wildman–Crippen MR) is 329 cm³/mol. The summed E-state index contributed by atoms with van der Waals surface area (Å²) in [6, 6.07) is 0. The van der Waals surface area contributed by atoms with Gasteiger partial charge in [-0.15, -0.1) is 0 Å². The van der Waals surface area contributed by atoms with Crippen molar-refractivity contribution in [3.63, 3.8) is 0 Å². The summed E-state index contributed by atoms with van der Waals surface area (Å²) in [5.41, 5.74) is 0. The van der Waals surface area contributed by atoms with E-state index in [0.29, 0.717) is 19.3 Å². The molecule has 0 aliphatic heterocycles. The zero-order valence-corrected chi connectivity index (χ0v) is 49.2. The molecule has 0 aliphatic carbocycles. The number of esters is 3. The highest BCUT2D eigenvalue weighted by molar-refractivity contribution is 5.71. The smallest absolute Gasteiger partial charge is 0.306 e. The number of allylic oxidation sites excluding steroid dienone is 22. The summed E-state index contributed by atoms with van der Waals surface area (Å²) in [6.07, 6.45) is 88.8. The molecule has 0 saturated carbocycles. The summed E-state index contributed by atoms with van der Waals surface area (Å²) in [6.45, 7) is 6.44. The average Bonchev–Trinajstić information content (AvgIpc) is 3.42. The van der Waals surface area contributed by atoms with Crippen molar-refractivity contribution in [2.45, 2.75) is 277 Å². The molecule has 0 heterocycles. The standard InChI is InChI=1S/C70H114O6/c1-4-7-10-13-16-19-22-24-26-28-29-30-31-32-33-34-35-36-37-38-39-40-41-42-44-45-48-51-54-57-60-63-69(72)75-66-67(65-74-68(71)62-59-56-53-50-47-21-18-15-12-9-6-3)76-70(73)64-61-58-55-52-49-46-43-27-25-23-20-17-14-11-8-5-2/h7,10,15-16,18-20,23-24,26-27,29-30,32-33,35-36,38-39,41-43,67H,4-6,8-9,11-14,17,21-22,25,28,31,34,37,40,44-66H2,1-3H3/b10-7-,18-15-,19-16-,23-20-,26-24-,30-29-,33-32-,36-35-,39-38-,42-41-,43-27-. The van der Waals surface area contributed by atoms with Crippen LogP contribution in [0.1, 0.15) is 271 Å². The summed E-state index contributed by atoms with van der Waals surface area (Å²) < 4.78 is 16.8. The maximum absolute atomic E-state index is 12.9. The van der Waals surface area contributed by atoms with E-state index >= 15 is 0 Å². The van der Waals surface area contributed by atoms with Crippen molar-refractivity contribution < 1.29 is 28.6 Å². The number of rotatable bonds is 55. The van der Waals surface area contributed by atoms with Gasteiger partial charge in [-0.2, -0.15) is 0 Å². The van der Waals surface area contributed by atoms with Gasteiger partial charge in [-0.05, 0) is 135 Å². The molecule has 0 rings (SSSR count). The van der Waals surface area contributed by atoms with Crippen LogP contribution in [0.2, 0.25) is 0 Å². The summed E-state index contributed by atoms with van der Waals surface area (Å²) in [4.78, 5) is 38.2. The minimum atomic E-state index is -0.799. The van der Waals surface area contributed by atoms with Crippen LogP contribution in [-0.2, 0) is 28.6 Å². The lowest BCUT2D eigenvalue weighted by molar-refractivity contribution is -0.167. The predicted octanol–water partition coefficient (Wildman–Crippen LogP) is 21.4. The molecule has 430 valence electrons. The molecule has 1 atom stereocenters. The molecule has 0 aromatic carbocycles. The van der Waals surface area contributed by atoms with Crippen LogP contribution < -0.4 is 0 Å². The van der Waals surface area contributed by atoms with E-state index < -0.39 is 6.10 Å². The first-order chi connectivity index (χ1) is 37.5. The first-order valence-corrected chi connectivity index (χ1v) is 31.2. The van der Waals surface area contributed by atoms with E-state index in [1.165, 1.54) is 70.6 Å². The Morgan fingerprint density at radius 1 is 0.276 bits per heavy atom. The van der Waals surface area contributed by atoms with Gasteiger partial charge in [-0.1, -0.05) is 251 Å². The van der Waals surface area contributed by atoms with Crippen LogP contribution in [0.25, 0.3) is 0 Å². The van der Waals surface area contributed by atoms with Crippen LogP contribution in [0.4, 0.5) is 0 Å². The van der Waals surface area contributed by atoms with Crippen LogP contribution in [0.5, 0.6) is 0 Å². The molecule has 0 fully saturated rings. The van der Waals surface area contributed by atoms with Crippen LogP contribution >= 0.6 is 0 Å². The molecule has 0 saturated heterocycles. The zero-order chi connectivity index (χ0) is 55.0. The monoisotopic (exact) mass is 1050 g/mol. The van der Waals surface area contributed by atoms with Gasteiger partial charge >= 0.3 is 17.9 Å². The van der Waals surface area contributed by atoms with Crippen LogP contribution in [-0.4, -0.2) is 37.2 Å². The molecular weight excluding hydrogens is 937 g/mol. The normalized spacial score (nSPS) is 13.0. The van der Waals surface area contributed by atoms with Crippen molar-refractivity contribution in [1.29, 1.82) is 0 Å². The largest absolute Gasteiger partial charge is 0.462 e. The van der Waals surface area contributed by atoms with Gasteiger partial charge in [0.05, 0.1) is 0 Å². The Kier molecular flexibility index (Phi) is 59.4. The molecule has 0 radical (unpaired) electrons. The van der Waals surface area contributed by atoms with E-state index in [1.807, 2.05) is 0 Å². The highest BCUT2D eigenvalue weighted by Crippen LogP contribution is 2.14. The highest BCUT2D eigenvalue weighted by atomic mass is 16.6. The molecule has 1 unspecified atom stereocenters. The summed E-state index contributed by atoms with van der Waals surface area (Å²) in [5.74, 6) is -0.935. The number of carbonyl (C=O) groups excluding carboxylic acids is 3. The van der Waals surface area contributed by atoms with E-state index in [2.05, 4.69) is 154 Å². The van der Waals surface area contributed by atoms with Crippen LogP contribution in [0.15, 0.2) is 134 Å². The maximum atomic E-state index is 12.9. The molecule has 0 N–H and O–H groups in total. The van der Waals surface area contributed by atoms with Crippen molar-refractivity contribution in [1.82, 2.24) is 0 Å². The lowest BCUT2D eigenvalue weighted by atomic mass is 10.1. The first kappa shape index (κ1) is 71.5. The Balaban J connectivity index is 4.32. The third kappa shape index (κ3) is 60.4. The fourth-order valence-electron chi connectivity index (χ4n) is 8.17. The highest BCUT2D eigenvalue weighted by Gasteiger charge is 2.19. The number of unbranched alkanes of at least 4 members (excludes halogenated alkanes) is 22. The third-order valence-corrected chi connectivity index (χ3v) is 12.9. The van der Waals surface area contributed by atoms with Crippen molar-refractivity contribution >= 4 is 17.9 Å². The van der Waals surface area contributed by atoms with Crippen LogP contribution in [0.3, 0.4) is 0 Å². The first-order valence-electron chi connectivity index (χ1n) is 31.2. The van der Waals surface area contributed by atoms with Crippen LogP contribution in [0, 0.1) is 0 Å². The summed E-state index contributed by atoms with van der Waals surface area (Å²) in [5, 5.41) is 0. The molecule has 76 heavy (non-hydrogen) atoms. The molecule has 0 aromatic rings. The van der Waals surface area contributed by atoms with Crippen molar-refractivity contribution in [2.75, 3.05) is 13.2 Å². The van der Waals surface area contributed by atoms with E-state index in [-0.39, 0.29) is 31.1 Å². The SMILES string of the molecule is CC/C=C\C/C=C\C/C=C\C/C=C\C/C=C\C/C=C\C/C=C\C/C=C\CCCCCCCCC(=O)OCC(COC(=O)CCCCCCC/C=C\CCCC)OC(=O)CCCCCCC/C=C\C/C=C\CCCCCC. The fourth-order valence-corrected chi connectivity index (χ4v) is 8.17. The number of carbonyl (C=O) groups is 3. The van der Waals surface area contributed by atoms with E-state index in [4.69, 9.17) is 14.2 Å². The zero-order valence-electron chi connectivity index (χ0n) is 49.2. The van der Waals surface area contributed by atoms with Gasteiger partial charge < -0.3 is 14.2 Å². The Bertz CT molecular complexity index is 1630. The molecule has 6 heteroatoms. The molecule has 0 bridgehead atoms. The van der Waals surface area contributed by atoms with Gasteiger partial charge in [0.1, 0.15) is 13.2 Å². The van der Waals surface area contributed by atoms with Crippen molar-refractivity contribution in [3.8, 4) is 0 Å². The molecule has 0 aromatic heterocycles. The van der Waals surface area contributed by atoms with Crippen molar-refractivity contribution in [3.05, 3.63) is 134 Å². The average molecular weight is 1050 g/mol. The second kappa shape index (κ2) is 63.1. The van der Waals surface area contributed by atoms with E-state index in [9.17, 15) is 14.4 Å². The van der Waals surface area contributed by atoms with E-state index in [1.54, 1.807) is 0 Å². The van der Waals surface area contributed by atoms with Gasteiger partial charge in [-0.25, -0.2) is 0 Å². The molecule has 0 aliphatic rings. The number of hydrogen-bond donors (Lipinski definition) is 0. The maximum Gasteiger partial charge on any atom is 0.306 e. The minimum Gasteiger partial charge on any atom is -0.462 e. The second-order valence-corrected chi connectivity index (χ2v) is 20.2. The van der Waals surface area contributed by atoms with Gasteiger partial charge in [0.2, 0.25) is 0 Å². The van der Waals surface area contributed by atoms with Gasteiger partial charge in [0.25, 0.3) is 0 Å². The lowest BCUT2D eigenvalue weighted by Crippen LogP contribution is -2.30. The van der Waals surface area contributed by atoms with Gasteiger partial charge in [-0.3, -0.25) is 14.4 Å². The number of hydrogen-bond acceptors (Lipinski definition) is 6. The number of ether oxygens (including phenoxy) is 3. The summed E-state index contributed by atoms with van der Waals surface area (Å²) in [7, 11) is 0. The lowest BCUT2D eigenvalue weighted by Gasteiger charge is -2.18. The van der Waals surface area contributed by atoms with Gasteiger partial charge in [0.15, 0.2) is 6.10 Å². The second-order valence-electron chi connectivity index (χ2n) is 20.2. The Morgan fingerprint density at radius 3 is 0.855 bits per heavy atom. The third-order valence-electron chi connectivity index (χ3n) is 12.9.